The van der Waals surface area contributed by atoms with Crippen molar-refractivity contribution >= 4 is 45.2 Å². The summed E-state index contributed by atoms with van der Waals surface area (Å²) in [5.41, 5.74) is 2.78. The monoisotopic (exact) mass is 413 g/mol. The van der Waals surface area contributed by atoms with Crippen LogP contribution in [0.25, 0.3) is 10.2 Å². The maximum atomic E-state index is 12.3. The minimum Gasteiger partial charge on any atom is -0.465 e. The van der Waals surface area contributed by atoms with E-state index in [0.29, 0.717) is 17.9 Å². The number of hydrogen-bond donors (Lipinski definition) is 1. The van der Waals surface area contributed by atoms with Gasteiger partial charge in [-0.25, -0.2) is 14.8 Å². The Morgan fingerprint density at radius 2 is 2.04 bits per heavy atom. The van der Waals surface area contributed by atoms with Gasteiger partial charge in [-0.2, -0.15) is 0 Å². The number of amides is 1. The van der Waals surface area contributed by atoms with Crippen LogP contribution in [-0.4, -0.2) is 34.7 Å². The fourth-order valence-electron chi connectivity index (χ4n) is 3.27. The average molecular weight is 414 g/mol. The van der Waals surface area contributed by atoms with E-state index in [1.807, 2.05) is 12.1 Å². The third-order valence-corrected chi connectivity index (χ3v) is 6.86. The van der Waals surface area contributed by atoms with Crippen molar-refractivity contribution in [1.29, 1.82) is 0 Å². The first-order valence-corrected chi connectivity index (χ1v) is 10.8. The van der Waals surface area contributed by atoms with Crippen LogP contribution in [0.4, 0.5) is 0 Å². The Morgan fingerprint density at radius 3 is 2.82 bits per heavy atom. The van der Waals surface area contributed by atoms with E-state index in [-0.39, 0.29) is 11.9 Å². The molecule has 1 aliphatic carbocycles. The molecule has 1 amide bonds. The van der Waals surface area contributed by atoms with Crippen LogP contribution < -0.4 is 5.32 Å². The molecule has 28 heavy (non-hydrogen) atoms. The molecule has 0 atom stereocenters. The van der Waals surface area contributed by atoms with Gasteiger partial charge < -0.3 is 10.1 Å². The highest BCUT2D eigenvalue weighted by atomic mass is 32.2. The number of hydrogen-bond acceptors (Lipinski definition) is 7. The minimum atomic E-state index is -0.372. The molecule has 3 aromatic rings. The van der Waals surface area contributed by atoms with E-state index < -0.39 is 0 Å². The standard InChI is InChI=1S/C20H19N3O3S2/c1-26-20(25)13-7-5-12(6-8-13)9-21-16(24)10-27-18-17-14-3-2-4-15(14)28-19(17)23-11-22-18/h5-8,11H,2-4,9-10H2,1H3,(H,21,24). The molecule has 2 heterocycles. The number of benzene rings is 1. The number of esters is 1. The Hall–Kier alpha value is -2.45. The van der Waals surface area contributed by atoms with Crippen molar-refractivity contribution in [3.8, 4) is 0 Å². The van der Waals surface area contributed by atoms with E-state index in [4.69, 9.17) is 0 Å². The summed E-state index contributed by atoms with van der Waals surface area (Å²) in [6, 6.07) is 7.00. The Kier molecular flexibility index (Phi) is 5.59. The van der Waals surface area contributed by atoms with Crippen molar-refractivity contribution in [2.24, 2.45) is 0 Å². The maximum Gasteiger partial charge on any atom is 0.337 e. The molecule has 0 spiro atoms. The lowest BCUT2D eigenvalue weighted by Crippen LogP contribution is -2.24. The highest BCUT2D eigenvalue weighted by molar-refractivity contribution is 8.00. The zero-order valence-corrected chi connectivity index (χ0v) is 17.0. The SMILES string of the molecule is COC(=O)c1ccc(CNC(=O)CSc2ncnc3sc4c(c23)CCC4)cc1. The first kappa shape index (κ1) is 18.9. The number of thiophene rings is 1. The summed E-state index contributed by atoms with van der Waals surface area (Å²) in [5.74, 6) is -0.125. The quantitative estimate of drug-likeness (QED) is 0.379. The van der Waals surface area contributed by atoms with Crippen molar-refractivity contribution in [2.75, 3.05) is 12.9 Å². The van der Waals surface area contributed by atoms with Crippen molar-refractivity contribution in [3.05, 3.63) is 52.2 Å². The van der Waals surface area contributed by atoms with E-state index in [1.54, 1.807) is 29.8 Å². The molecule has 0 unspecified atom stereocenters. The molecule has 1 aromatic carbocycles. The molecule has 0 fully saturated rings. The van der Waals surface area contributed by atoms with Crippen molar-refractivity contribution < 1.29 is 14.3 Å². The molecule has 6 nitrogen and oxygen atoms in total. The van der Waals surface area contributed by atoms with Gasteiger partial charge >= 0.3 is 5.97 Å². The third-order valence-electron chi connectivity index (χ3n) is 4.67. The van der Waals surface area contributed by atoms with Crippen molar-refractivity contribution in [2.45, 2.75) is 30.8 Å². The molecule has 4 rings (SSSR count). The Balaban J connectivity index is 1.35. The Bertz CT molecular complexity index is 1030. The number of aryl methyl sites for hydroxylation is 2. The van der Waals surface area contributed by atoms with Crippen LogP contribution in [0.5, 0.6) is 0 Å². The van der Waals surface area contributed by atoms with Gasteiger partial charge in [0.05, 0.1) is 18.4 Å². The number of aromatic nitrogens is 2. The number of nitrogens with one attached hydrogen (secondary N) is 1. The maximum absolute atomic E-state index is 12.3. The molecule has 0 saturated carbocycles. The normalized spacial score (nSPS) is 12.8. The molecule has 2 aromatic heterocycles. The van der Waals surface area contributed by atoms with Crippen LogP contribution in [0.15, 0.2) is 35.6 Å². The number of carbonyl (C=O) groups is 2. The van der Waals surface area contributed by atoms with Gasteiger partial charge in [0.15, 0.2) is 0 Å². The van der Waals surface area contributed by atoms with Crippen LogP contribution in [-0.2, 0) is 28.9 Å². The molecule has 1 aliphatic rings. The lowest BCUT2D eigenvalue weighted by molar-refractivity contribution is -0.118. The van der Waals surface area contributed by atoms with Gasteiger partial charge in [-0.1, -0.05) is 23.9 Å². The second-order valence-corrected chi connectivity index (χ2v) is 8.52. The fourth-order valence-corrected chi connectivity index (χ4v) is 5.42. The first-order valence-electron chi connectivity index (χ1n) is 8.97. The summed E-state index contributed by atoms with van der Waals surface area (Å²) < 4.78 is 4.68. The van der Waals surface area contributed by atoms with E-state index in [2.05, 4.69) is 20.0 Å². The smallest absolute Gasteiger partial charge is 0.337 e. The van der Waals surface area contributed by atoms with Gasteiger partial charge in [0, 0.05) is 16.8 Å². The van der Waals surface area contributed by atoms with Gasteiger partial charge in [-0.15, -0.1) is 11.3 Å². The number of nitrogens with zero attached hydrogens (tertiary/aromatic N) is 2. The first-order chi connectivity index (χ1) is 13.7. The minimum absolute atomic E-state index is 0.0549. The van der Waals surface area contributed by atoms with Crippen molar-refractivity contribution in [3.63, 3.8) is 0 Å². The summed E-state index contributed by atoms with van der Waals surface area (Å²) in [6.07, 6.45) is 4.96. The summed E-state index contributed by atoms with van der Waals surface area (Å²) in [7, 11) is 1.35. The molecule has 0 saturated heterocycles. The van der Waals surface area contributed by atoms with Gasteiger partial charge in [-0.05, 0) is 42.5 Å². The molecule has 0 aliphatic heterocycles. The van der Waals surface area contributed by atoms with E-state index in [9.17, 15) is 9.59 Å². The molecule has 8 heteroatoms. The number of ether oxygens (including phenoxy) is 1. The van der Waals surface area contributed by atoms with Crippen LogP contribution >= 0.6 is 23.1 Å². The highest BCUT2D eigenvalue weighted by Gasteiger charge is 2.21. The third kappa shape index (κ3) is 3.88. The van der Waals surface area contributed by atoms with Crippen molar-refractivity contribution in [1.82, 2.24) is 15.3 Å². The summed E-state index contributed by atoms with van der Waals surface area (Å²) in [5, 5.41) is 4.94. The fraction of sp³-hybridized carbons (Fsp3) is 0.300. The number of thioether (sulfide) groups is 1. The zero-order valence-electron chi connectivity index (χ0n) is 15.4. The number of carbonyl (C=O) groups excluding carboxylic acids is 2. The van der Waals surface area contributed by atoms with Crippen LogP contribution in [0.2, 0.25) is 0 Å². The Labute approximate surface area is 170 Å². The molecule has 144 valence electrons. The zero-order chi connectivity index (χ0) is 19.5. The van der Waals surface area contributed by atoms with Gasteiger partial charge in [0.1, 0.15) is 16.2 Å². The van der Waals surface area contributed by atoms with Crippen LogP contribution in [0.3, 0.4) is 0 Å². The summed E-state index contributed by atoms with van der Waals surface area (Å²) >= 11 is 3.20. The highest BCUT2D eigenvalue weighted by Crippen LogP contribution is 2.39. The second-order valence-electron chi connectivity index (χ2n) is 6.47. The van der Waals surface area contributed by atoms with Crippen LogP contribution in [0.1, 0.15) is 32.8 Å². The van der Waals surface area contributed by atoms with E-state index in [1.165, 1.54) is 35.7 Å². The van der Waals surface area contributed by atoms with Gasteiger partial charge in [-0.3, -0.25) is 4.79 Å². The van der Waals surface area contributed by atoms with Crippen LogP contribution in [0, 0.1) is 0 Å². The predicted octanol–water partition coefficient (Wildman–Crippen LogP) is 3.38. The Morgan fingerprint density at radius 1 is 1.21 bits per heavy atom. The molecule has 0 radical (unpaired) electrons. The number of methoxy groups -OCH3 is 1. The van der Waals surface area contributed by atoms with Gasteiger partial charge in [0.2, 0.25) is 5.91 Å². The van der Waals surface area contributed by atoms with E-state index in [0.717, 1.165) is 33.6 Å². The lowest BCUT2D eigenvalue weighted by atomic mass is 10.1. The average Bonchev–Trinajstić information content (AvgIpc) is 3.31. The largest absolute Gasteiger partial charge is 0.465 e. The molecule has 0 bridgehead atoms. The lowest BCUT2D eigenvalue weighted by Gasteiger charge is -2.07. The number of rotatable bonds is 6. The van der Waals surface area contributed by atoms with E-state index >= 15 is 0 Å². The molecular weight excluding hydrogens is 394 g/mol. The topological polar surface area (TPSA) is 81.2 Å². The predicted molar refractivity (Wildman–Crippen MR) is 110 cm³/mol. The molecular formula is C20H19N3O3S2. The summed E-state index contributed by atoms with van der Waals surface area (Å²) in [4.78, 5) is 35.0. The van der Waals surface area contributed by atoms with Gasteiger partial charge in [0.25, 0.3) is 0 Å². The number of fused-ring (bicyclic) bond motifs is 3. The summed E-state index contributed by atoms with van der Waals surface area (Å²) in [6.45, 7) is 0.411. The molecule has 1 N–H and O–H groups in total. The second kappa shape index (κ2) is 8.28.